The third-order valence-electron chi connectivity index (χ3n) is 4.22. The fourth-order valence-corrected chi connectivity index (χ4v) is 2.62. The molecule has 0 bridgehead atoms. The summed E-state index contributed by atoms with van der Waals surface area (Å²) in [6.45, 7) is 3.40. The lowest BCUT2D eigenvalue weighted by molar-refractivity contribution is -0.136. The number of β-amino-alcohol motifs (C(OH)–C–C–N with tert-alkyl or cyclic N) is 1. The highest BCUT2D eigenvalue weighted by Crippen LogP contribution is 2.31. The molecule has 0 aliphatic carbocycles. The van der Waals surface area contributed by atoms with Gasteiger partial charge in [-0.15, -0.1) is 0 Å². The van der Waals surface area contributed by atoms with Gasteiger partial charge < -0.3 is 30.1 Å². The Kier molecular flexibility index (Phi) is 7.00. The van der Waals surface area contributed by atoms with Gasteiger partial charge in [0.25, 0.3) is 5.91 Å². The summed E-state index contributed by atoms with van der Waals surface area (Å²) in [6.07, 6.45) is 0. The molecule has 1 aliphatic heterocycles. The zero-order valence-electron chi connectivity index (χ0n) is 16.4. The van der Waals surface area contributed by atoms with Gasteiger partial charge in [-0.05, 0) is 12.1 Å². The predicted octanol–water partition coefficient (Wildman–Crippen LogP) is 0.963. The number of aliphatic hydroxyl groups excluding tert-OH is 1. The smallest absolute Gasteiger partial charge is 0.337 e. The minimum atomic E-state index is -0.641. The highest BCUT2D eigenvalue weighted by atomic mass is 16.5. The quantitative estimate of drug-likeness (QED) is 0.565. The fraction of sp³-hybridized carbons (Fsp3) is 0.421. The van der Waals surface area contributed by atoms with Crippen molar-refractivity contribution in [3.8, 4) is 5.75 Å². The van der Waals surface area contributed by atoms with E-state index in [9.17, 15) is 14.4 Å². The highest BCUT2D eigenvalue weighted by molar-refractivity contribution is 6.09. The molecule has 0 saturated carbocycles. The van der Waals surface area contributed by atoms with E-state index in [-0.39, 0.29) is 42.8 Å². The van der Waals surface area contributed by atoms with Gasteiger partial charge >= 0.3 is 5.97 Å². The second kappa shape index (κ2) is 9.23. The Hall–Kier alpha value is -3.07. The van der Waals surface area contributed by atoms with E-state index < -0.39 is 11.9 Å². The van der Waals surface area contributed by atoms with Gasteiger partial charge in [0.05, 0.1) is 44.3 Å². The number of benzene rings is 1. The van der Waals surface area contributed by atoms with E-state index in [1.54, 1.807) is 32.0 Å². The lowest BCUT2D eigenvalue weighted by Crippen LogP contribution is -2.31. The molecule has 9 heteroatoms. The first-order valence-corrected chi connectivity index (χ1v) is 8.79. The topological polar surface area (TPSA) is 117 Å². The Morgan fingerprint density at radius 1 is 1.25 bits per heavy atom. The number of hydrogen-bond acceptors (Lipinski definition) is 7. The minimum Gasteiger partial charge on any atom is -0.497 e. The summed E-state index contributed by atoms with van der Waals surface area (Å²) in [5.41, 5.74) is 1.02. The number of carbonyl (C=O) groups excluding carboxylic acids is 3. The highest BCUT2D eigenvalue weighted by Gasteiger charge is 2.34. The summed E-state index contributed by atoms with van der Waals surface area (Å²) in [7, 11) is 2.73. The molecule has 0 unspecified atom stereocenters. The number of aliphatic hydroxyl groups is 1. The molecule has 1 heterocycles. The van der Waals surface area contributed by atoms with Crippen molar-refractivity contribution in [2.24, 2.45) is 5.92 Å². The Labute approximate surface area is 163 Å². The van der Waals surface area contributed by atoms with Crippen LogP contribution in [0.2, 0.25) is 0 Å². The molecule has 152 valence electrons. The maximum atomic E-state index is 12.7. The van der Waals surface area contributed by atoms with Gasteiger partial charge in [0.2, 0.25) is 5.91 Å². The molecular weight excluding hydrogens is 366 g/mol. The number of carbonyl (C=O) groups is 3. The van der Waals surface area contributed by atoms with Crippen LogP contribution in [0.15, 0.2) is 29.5 Å². The SMILES string of the molecule is COC(=O)C1=C(Nc2ccc(OC)cc2NC(=O)C(C)C)C(=O)N(CCO)C1. The van der Waals surface area contributed by atoms with Crippen LogP contribution in [0.5, 0.6) is 5.75 Å². The molecule has 1 aliphatic rings. The van der Waals surface area contributed by atoms with E-state index in [4.69, 9.17) is 14.6 Å². The number of ether oxygens (including phenoxy) is 2. The van der Waals surface area contributed by atoms with E-state index in [1.807, 2.05) is 0 Å². The van der Waals surface area contributed by atoms with Crippen molar-refractivity contribution in [2.45, 2.75) is 13.8 Å². The molecule has 1 aromatic rings. The molecule has 9 nitrogen and oxygen atoms in total. The standard InChI is InChI=1S/C19H25N3O6/c1-11(2)17(24)21-15-9-12(27-3)5-6-14(15)20-16-13(19(26)28-4)10-22(7-8-23)18(16)25/h5-6,9,11,20,23H,7-8,10H2,1-4H3,(H,21,24). The molecule has 2 rings (SSSR count). The zero-order chi connectivity index (χ0) is 20.8. The summed E-state index contributed by atoms with van der Waals surface area (Å²) in [6, 6.07) is 4.92. The number of nitrogens with one attached hydrogen (secondary N) is 2. The van der Waals surface area contributed by atoms with Gasteiger partial charge in [0.1, 0.15) is 11.4 Å². The summed E-state index contributed by atoms with van der Waals surface area (Å²) < 4.78 is 9.97. The average Bonchev–Trinajstić information content (AvgIpc) is 2.98. The first kappa shape index (κ1) is 21.2. The van der Waals surface area contributed by atoms with E-state index in [0.29, 0.717) is 17.1 Å². The summed E-state index contributed by atoms with van der Waals surface area (Å²) in [5, 5.41) is 14.9. The number of hydrogen-bond donors (Lipinski definition) is 3. The van der Waals surface area contributed by atoms with Crippen molar-refractivity contribution in [1.29, 1.82) is 0 Å². The molecule has 0 saturated heterocycles. The molecule has 1 aromatic carbocycles. The molecule has 0 radical (unpaired) electrons. The van der Waals surface area contributed by atoms with Gasteiger partial charge in [-0.3, -0.25) is 9.59 Å². The Balaban J connectivity index is 2.41. The monoisotopic (exact) mass is 391 g/mol. The lowest BCUT2D eigenvalue weighted by Gasteiger charge is -2.17. The first-order valence-electron chi connectivity index (χ1n) is 8.79. The number of nitrogens with zero attached hydrogens (tertiary/aromatic N) is 1. The van der Waals surface area contributed by atoms with Crippen molar-refractivity contribution in [3.63, 3.8) is 0 Å². The zero-order valence-corrected chi connectivity index (χ0v) is 16.4. The third-order valence-corrected chi connectivity index (χ3v) is 4.22. The first-order chi connectivity index (χ1) is 13.3. The Morgan fingerprint density at radius 2 is 1.96 bits per heavy atom. The van der Waals surface area contributed by atoms with Crippen LogP contribution in [-0.4, -0.2) is 61.7 Å². The Morgan fingerprint density at radius 3 is 2.54 bits per heavy atom. The van der Waals surface area contributed by atoms with Crippen LogP contribution in [-0.2, 0) is 19.1 Å². The summed E-state index contributed by atoms with van der Waals surface area (Å²) in [4.78, 5) is 38.3. The molecular formula is C19H25N3O6. The lowest BCUT2D eigenvalue weighted by atomic mass is 10.1. The number of anilines is 2. The van der Waals surface area contributed by atoms with E-state index in [0.717, 1.165) is 0 Å². The summed E-state index contributed by atoms with van der Waals surface area (Å²) in [5.74, 6) is -1.02. The van der Waals surface area contributed by atoms with Crippen LogP contribution < -0.4 is 15.4 Å². The molecule has 0 fully saturated rings. The van der Waals surface area contributed by atoms with Crippen molar-refractivity contribution in [1.82, 2.24) is 4.90 Å². The molecule has 2 amide bonds. The number of esters is 1. The number of methoxy groups -OCH3 is 2. The second-order valence-electron chi connectivity index (χ2n) is 6.48. The minimum absolute atomic E-state index is 0.0260. The molecule has 28 heavy (non-hydrogen) atoms. The van der Waals surface area contributed by atoms with Crippen molar-refractivity contribution in [2.75, 3.05) is 44.5 Å². The average molecular weight is 391 g/mol. The van der Waals surface area contributed by atoms with Gasteiger partial charge in [0.15, 0.2) is 0 Å². The van der Waals surface area contributed by atoms with E-state index in [1.165, 1.54) is 19.1 Å². The van der Waals surface area contributed by atoms with Crippen molar-refractivity contribution in [3.05, 3.63) is 29.5 Å². The van der Waals surface area contributed by atoms with Crippen molar-refractivity contribution >= 4 is 29.2 Å². The van der Waals surface area contributed by atoms with Gasteiger partial charge in [-0.25, -0.2) is 4.79 Å². The maximum Gasteiger partial charge on any atom is 0.337 e. The molecule has 0 aromatic heterocycles. The second-order valence-corrected chi connectivity index (χ2v) is 6.48. The Bertz CT molecular complexity index is 803. The van der Waals surface area contributed by atoms with Crippen LogP contribution in [0, 0.1) is 5.92 Å². The maximum absolute atomic E-state index is 12.7. The fourth-order valence-electron chi connectivity index (χ4n) is 2.62. The van der Waals surface area contributed by atoms with Crippen LogP contribution in [0.3, 0.4) is 0 Å². The van der Waals surface area contributed by atoms with Crippen LogP contribution in [0.4, 0.5) is 11.4 Å². The van der Waals surface area contributed by atoms with Crippen LogP contribution in [0.1, 0.15) is 13.8 Å². The third kappa shape index (κ3) is 4.61. The number of rotatable bonds is 8. The van der Waals surface area contributed by atoms with Crippen molar-refractivity contribution < 1.29 is 29.0 Å². The van der Waals surface area contributed by atoms with E-state index in [2.05, 4.69) is 10.6 Å². The van der Waals surface area contributed by atoms with Crippen LogP contribution in [0.25, 0.3) is 0 Å². The van der Waals surface area contributed by atoms with Gasteiger partial charge in [-0.1, -0.05) is 13.8 Å². The van der Waals surface area contributed by atoms with Gasteiger partial charge in [0, 0.05) is 18.5 Å². The molecule has 3 N–H and O–H groups in total. The van der Waals surface area contributed by atoms with E-state index >= 15 is 0 Å². The largest absolute Gasteiger partial charge is 0.497 e. The predicted molar refractivity (Wildman–Crippen MR) is 103 cm³/mol. The molecule has 0 spiro atoms. The molecule has 0 atom stereocenters. The summed E-state index contributed by atoms with van der Waals surface area (Å²) >= 11 is 0. The van der Waals surface area contributed by atoms with Crippen LogP contribution >= 0.6 is 0 Å². The van der Waals surface area contributed by atoms with Gasteiger partial charge in [-0.2, -0.15) is 0 Å². The number of amides is 2. The normalized spacial score (nSPS) is 13.8.